The summed E-state index contributed by atoms with van der Waals surface area (Å²) in [6.07, 6.45) is 2.02. The Morgan fingerprint density at radius 2 is 0.754 bits per heavy atom. The van der Waals surface area contributed by atoms with E-state index in [0.29, 0.717) is 5.56 Å². The van der Waals surface area contributed by atoms with Crippen molar-refractivity contribution in [2.24, 2.45) is 0 Å². The molecular weight excluding hydrogens is 791 g/mol. The topological polar surface area (TPSA) is 48.1 Å². The average molecular weight is 832 g/mol. The third-order valence-corrected chi connectivity index (χ3v) is 12.0. The summed E-state index contributed by atoms with van der Waals surface area (Å²) in [6.45, 7) is 0. The Kier molecular flexibility index (Phi) is 10.2. The zero-order valence-electron chi connectivity index (χ0n) is 35.4. The second-order valence-electron chi connectivity index (χ2n) is 15.9. The second kappa shape index (κ2) is 17.1. The molecule has 65 heavy (non-hydrogen) atoms. The van der Waals surface area contributed by atoms with Gasteiger partial charge in [0.15, 0.2) is 0 Å². The van der Waals surface area contributed by atoms with Crippen molar-refractivity contribution in [3.8, 4) is 45.3 Å². The molecule has 2 aromatic heterocycles. The van der Waals surface area contributed by atoms with Crippen LogP contribution in [0, 0.1) is 11.3 Å². The molecular formula is C60H41N5. The van der Waals surface area contributed by atoms with Crippen molar-refractivity contribution in [3.63, 3.8) is 0 Å². The van der Waals surface area contributed by atoms with Crippen LogP contribution in [0.3, 0.4) is 0 Å². The lowest BCUT2D eigenvalue weighted by Gasteiger charge is -2.26. The highest BCUT2D eigenvalue weighted by Crippen LogP contribution is 2.47. The Balaban J connectivity index is 1.27. The summed E-state index contributed by atoms with van der Waals surface area (Å²) in [4.78, 5) is 10.2. The number of hydrogen-bond donors (Lipinski definition) is 0. The van der Waals surface area contributed by atoms with Crippen molar-refractivity contribution in [3.05, 3.63) is 254 Å². The van der Waals surface area contributed by atoms with Crippen molar-refractivity contribution >= 4 is 55.9 Å². The highest BCUT2D eigenvalue weighted by atomic mass is 15.2. The minimum Gasteiger partial charge on any atom is -0.310 e. The number of nitrogens with zero attached hydrogens (tertiary/aromatic N) is 5. The summed E-state index contributed by atoms with van der Waals surface area (Å²) in [7, 11) is 0. The molecule has 0 N–H and O–H groups in total. The van der Waals surface area contributed by atoms with Gasteiger partial charge in [-0.3, -0.25) is 4.57 Å². The molecule has 0 bridgehead atoms. The number of para-hydroxylation sites is 4. The summed E-state index contributed by atoms with van der Waals surface area (Å²) in [5.41, 5.74) is 15.0. The van der Waals surface area contributed by atoms with E-state index in [4.69, 9.17) is 4.98 Å². The number of anilines is 6. The van der Waals surface area contributed by atoms with Crippen LogP contribution < -0.4 is 9.80 Å². The van der Waals surface area contributed by atoms with E-state index in [1.807, 2.05) is 24.4 Å². The van der Waals surface area contributed by atoms with Crippen LogP contribution in [0.15, 0.2) is 249 Å². The number of pyridine rings is 1. The summed E-state index contributed by atoms with van der Waals surface area (Å²) in [6, 6.07) is 87.1. The molecule has 0 atom stereocenters. The molecule has 0 aliphatic carbocycles. The molecule has 0 amide bonds. The minimum absolute atomic E-state index is 0.607. The summed E-state index contributed by atoms with van der Waals surface area (Å²) in [5, 5.41) is 12.1. The minimum atomic E-state index is 0.607. The summed E-state index contributed by atoms with van der Waals surface area (Å²) >= 11 is 0. The van der Waals surface area contributed by atoms with Crippen LogP contribution in [0.4, 0.5) is 34.1 Å². The van der Waals surface area contributed by atoms with E-state index in [0.717, 1.165) is 95.1 Å². The Bertz CT molecular complexity index is 3240. The summed E-state index contributed by atoms with van der Waals surface area (Å²) < 4.78 is 2.37. The van der Waals surface area contributed by atoms with E-state index in [-0.39, 0.29) is 0 Å². The fourth-order valence-corrected chi connectivity index (χ4v) is 9.10. The van der Waals surface area contributed by atoms with Gasteiger partial charge in [-0.2, -0.15) is 5.26 Å². The Labute approximate surface area is 378 Å². The predicted octanol–water partition coefficient (Wildman–Crippen LogP) is 16.0. The van der Waals surface area contributed by atoms with E-state index >= 15 is 0 Å². The highest BCUT2D eigenvalue weighted by molar-refractivity contribution is 6.12. The Hall–Kier alpha value is -8.98. The number of fused-ring (bicyclic) bond motifs is 3. The highest BCUT2D eigenvalue weighted by Gasteiger charge is 2.25. The van der Waals surface area contributed by atoms with E-state index in [9.17, 15) is 5.26 Å². The van der Waals surface area contributed by atoms with Gasteiger partial charge in [-0.25, -0.2) is 4.98 Å². The second-order valence-corrected chi connectivity index (χ2v) is 15.9. The van der Waals surface area contributed by atoms with Crippen molar-refractivity contribution in [1.29, 1.82) is 5.26 Å². The first kappa shape index (κ1) is 38.9. The molecule has 2 heterocycles. The Morgan fingerprint density at radius 1 is 0.369 bits per heavy atom. The smallest absolute Gasteiger partial charge is 0.146 e. The molecule has 0 unspecified atom stereocenters. The molecule has 0 aliphatic rings. The van der Waals surface area contributed by atoms with Gasteiger partial charge in [-0.05, 0) is 102 Å². The monoisotopic (exact) mass is 831 g/mol. The molecule has 0 saturated carbocycles. The van der Waals surface area contributed by atoms with Gasteiger partial charge in [-0.15, -0.1) is 0 Å². The van der Waals surface area contributed by atoms with Gasteiger partial charge >= 0.3 is 0 Å². The fraction of sp³-hybridized carbons (Fsp3) is 0. The average Bonchev–Trinajstić information content (AvgIpc) is 3.70. The van der Waals surface area contributed by atoms with Crippen molar-refractivity contribution in [2.45, 2.75) is 0 Å². The van der Waals surface area contributed by atoms with E-state index in [1.165, 1.54) is 0 Å². The van der Waals surface area contributed by atoms with Crippen LogP contribution in [0.1, 0.15) is 5.56 Å². The lowest BCUT2D eigenvalue weighted by molar-refractivity contribution is 1.08. The van der Waals surface area contributed by atoms with E-state index in [1.54, 1.807) is 0 Å². The third-order valence-electron chi connectivity index (χ3n) is 12.0. The largest absolute Gasteiger partial charge is 0.310 e. The third kappa shape index (κ3) is 7.25. The van der Waals surface area contributed by atoms with Crippen LogP contribution in [0.2, 0.25) is 0 Å². The van der Waals surface area contributed by atoms with Crippen molar-refractivity contribution < 1.29 is 0 Å². The molecule has 5 heteroatoms. The van der Waals surface area contributed by atoms with Crippen LogP contribution in [-0.4, -0.2) is 9.55 Å². The van der Waals surface area contributed by atoms with Gasteiger partial charge in [0, 0.05) is 67.8 Å². The first-order valence-electron chi connectivity index (χ1n) is 21.8. The SMILES string of the molecule is N#Cc1ccc(-c2c(-c3ccccc3)cnc(-n3c4cc(N(c5ccccc5)c5ccccc5)ccc4c4ccc(N(c5ccccc5)c5ccccc5)cc43)c2-c2ccccc2)cc1. The normalized spacial score (nSPS) is 11.1. The predicted molar refractivity (Wildman–Crippen MR) is 269 cm³/mol. The molecule has 5 nitrogen and oxygen atoms in total. The maximum atomic E-state index is 9.88. The summed E-state index contributed by atoms with van der Waals surface area (Å²) in [5.74, 6) is 0.793. The van der Waals surface area contributed by atoms with Gasteiger partial charge in [0.25, 0.3) is 0 Å². The van der Waals surface area contributed by atoms with Crippen LogP contribution in [0.5, 0.6) is 0 Å². The molecule has 0 radical (unpaired) electrons. The molecule has 0 aliphatic heterocycles. The molecule has 306 valence electrons. The molecule has 0 saturated heterocycles. The van der Waals surface area contributed by atoms with Crippen molar-refractivity contribution in [1.82, 2.24) is 9.55 Å². The number of nitriles is 1. The lowest BCUT2D eigenvalue weighted by atomic mass is 9.88. The number of aromatic nitrogens is 2. The van der Waals surface area contributed by atoms with Gasteiger partial charge in [-0.1, -0.05) is 158 Å². The van der Waals surface area contributed by atoms with E-state index < -0.39 is 0 Å². The quantitative estimate of drug-likeness (QED) is 0.138. The first-order valence-corrected chi connectivity index (χ1v) is 21.8. The first-order chi connectivity index (χ1) is 32.2. The number of hydrogen-bond acceptors (Lipinski definition) is 4. The van der Waals surface area contributed by atoms with Gasteiger partial charge in [0.1, 0.15) is 5.82 Å². The maximum Gasteiger partial charge on any atom is 0.146 e. The van der Waals surface area contributed by atoms with Gasteiger partial charge < -0.3 is 9.80 Å². The molecule has 0 spiro atoms. The number of benzene rings is 9. The van der Waals surface area contributed by atoms with Gasteiger partial charge in [0.2, 0.25) is 0 Å². The van der Waals surface area contributed by atoms with Crippen LogP contribution in [0.25, 0.3) is 61.0 Å². The van der Waals surface area contributed by atoms with Gasteiger partial charge in [0.05, 0.1) is 22.7 Å². The number of rotatable bonds is 10. The molecule has 11 rings (SSSR count). The lowest BCUT2D eigenvalue weighted by Crippen LogP contribution is -2.10. The molecule has 11 aromatic rings. The Morgan fingerprint density at radius 3 is 1.17 bits per heavy atom. The standard InChI is InChI=1S/C60H41N5/c61-41-43-31-33-46(34-32-43)58-55(44-19-7-1-8-20-44)42-62-60(59(58)45-21-9-2-10-22-45)65-56-39-51(63(47-23-11-3-12-24-47)48-25-13-4-14-26-48)35-37-53(56)54-38-36-52(40-57(54)65)64(49-27-15-5-16-28-49)50-29-17-6-18-30-50/h1-40,42H. The van der Waals surface area contributed by atoms with Crippen LogP contribution >= 0.6 is 0 Å². The zero-order valence-corrected chi connectivity index (χ0v) is 35.4. The zero-order chi connectivity index (χ0) is 43.5. The van der Waals surface area contributed by atoms with Crippen LogP contribution in [-0.2, 0) is 0 Å². The molecule has 0 fully saturated rings. The maximum absolute atomic E-state index is 9.88. The van der Waals surface area contributed by atoms with E-state index in [2.05, 4.69) is 245 Å². The van der Waals surface area contributed by atoms with Crippen molar-refractivity contribution in [2.75, 3.05) is 9.80 Å². The molecule has 9 aromatic carbocycles. The fourth-order valence-electron chi connectivity index (χ4n) is 9.10.